The van der Waals surface area contributed by atoms with Crippen molar-refractivity contribution in [3.05, 3.63) is 21.3 Å². The maximum absolute atomic E-state index is 12.6. The Kier molecular flexibility index (Phi) is 5.80. The molecule has 1 rings (SSSR count). The summed E-state index contributed by atoms with van der Waals surface area (Å²) in [5.41, 5.74) is 2.34. The van der Waals surface area contributed by atoms with Crippen LogP contribution in [0.4, 0.5) is 17.6 Å². The van der Waals surface area contributed by atoms with Crippen LogP contribution >= 0.6 is 22.9 Å². The summed E-state index contributed by atoms with van der Waals surface area (Å²) in [6.45, 7) is -1.61. The van der Waals surface area contributed by atoms with Crippen molar-refractivity contribution in [1.29, 1.82) is 0 Å². The van der Waals surface area contributed by atoms with Crippen molar-refractivity contribution in [2.75, 3.05) is 13.2 Å². The molecule has 1 unspecified atom stereocenters. The van der Waals surface area contributed by atoms with Gasteiger partial charge < -0.3 is 4.74 Å². The maximum atomic E-state index is 12.6. The highest BCUT2D eigenvalue weighted by Gasteiger charge is 2.41. The lowest BCUT2D eigenvalue weighted by Crippen LogP contribution is -2.36. The van der Waals surface area contributed by atoms with Gasteiger partial charge in [-0.15, -0.1) is 11.3 Å². The molecule has 0 aliphatic carbocycles. The number of nitrogens with one attached hydrogen (secondary N) is 1. The molecule has 9 heteroatoms. The average molecular weight is 307 g/mol. The summed E-state index contributed by atoms with van der Waals surface area (Å²) in [6.07, 6.45) is -3.75. The van der Waals surface area contributed by atoms with Gasteiger partial charge in [-0.05, 0) is 12.1 Å². The van der Waals surface area contributed by atoms with Gasteiger partial charge in [-0.3, -0.25) is 5.84 Å². The summed E-state index contributed by atoms with van der Waals surface area (Å²) in [4.78, 5) is 0.669. The Morgan fingerprint density at radius 1 is 1.44 bits per heavy atom. The van der Waals surface area contributed by atoms with Crippen LogP contribution in [-0.2, 0) is 4.74 Å². The van der Waals surface area contributed by atoms with E-state index in [1.54, 1.807) is 12.1 Å². The van der Waals surface area contributed by atoms with E-state index < -0.39 is 25.0 Å². The van der Waals surface area contributed by atoms with Crippen LogP contribution in [-0.4, -0.2) is 25.6 Å². The average Bonchev–Trinajstić information content (AvgIpc) is 2.71. The molecular weight excluding hydrogens is 296 g/mol. The standard InChI is InChI=1S/C9H11ClF4N2OS/c10-7-2-1-6(18-7)5(16-15)3-17-4-9(13,14)8(11)12/h1-2,5,8,16H,3-4,15H2. The Morgan fingerprint density at radius 2 is 2.11 bits per heavy atom. The predicted molar refractivity (Wildman–Crippen MR) is 61.2 cm³/mol. The number of nitrogens with two attached hydrogens (primary N) is 1. The smallest absolute Gasteiger partial charge is 0.330 e. The number of hydrogen-bond donors (Lipinski definition) is 2. The molecule has 0 fully saturated rings. The Hall–Kier alpha value is -0.410. The lowest BCUT2D eigenvalue weighted by Gasteiger charge is -2.18. The van der Waals surface area contributed by atoms with E-state index in [-0.39, 0.29) is 6.61 Å². The lowest BCUT2D eigenvalue weighted by molar-refractivity contribution is -0.167. The monoisotopic (exact) mass is 306 g/mol. The zero-order valence-corrected chi connectivity index (χ0v) is 10.6. The Labute approximate surface area is 110 Å². The molecule has 0 spiro atoms. The van der Waals surface area contributed by atoms with Crippen LogP contribution in [0.1, 0.15) is 10.9 Å². The van der Waals surface area contributed by atoms with Crippen LogP contribution < -0.4 is 11.3 Å². The number of alkyl halides is 4. The van der Waals surface area contributed by atoms with Crippen molar-refractivity contribution >= 4 is 22.9 Å². The minimum absolute atomic E-state index is 0.254. The second kappa shape index (κ2) is 6.67. The van der Waals surface area contributed by atoms with E-state index in [0.717, 1.165) is 0 Å². The highest BCUT2D eigenvalue weighted by Crippen LogP contribution is 2.28. The van der Waals surface area contributed by atoms with Crippen LogP contribution in [0, 0.1) is 0 Å². The van der Waals surface area contributed by atoms with Crippen LogP contribution in [0.15, 0.2) is 12.1 Å². The van der Waals surface area contributed by atoms with Crippen LogP contribution in [0.25, 0.3) is 0 Å². The van der Waals surface area contributed by atoms with E-state index in [4.69, 9.17) is 17.4 Å². The minimum Gasteiger partial charge on any atom is -0.373 e. The van der Waals surface area contributed by atoms with E-state index in [9.17, 15) is 17.6 Å². The summed E-state index contributed by atoms with van der Waals surface area (Å²) in [5.74, 6) is 1.06. The summed E-state index contributed by atoms with van der Waals surface area (Å²) < 4.78 is 53.9. The van der Waals surface area contributed by atoms with E-state index in [1.807, 2.05) is 0 Å². The number of hydrogen-bond acceptors (Lipinski definition) is 4. The molecule has 1 heterocycles. The summed E-state index contributed by atoms with van der Waals surface area (Å²) in [7, 11) is 0. The van der Waals surface area contributed by atoms with Gasteiger partial charge in [-0.25, -0.2) is 14.2 Å². The number of rotatable bonds is 7. The van der Waals surface area contributed by atoms with E-state index in [1.165, 1.54) is 11.3 Å². The van der Waals surface area contributed by atoms with Gasteiger partial charge in [-0.2, -0.15) is 8.78 Å². The van der Waals surface area contributed by atoms with Gasteiger partial charge in [0.2, 0.25) is 0 Å². The minimum atomic E-state index is -4.16. The molecule has 0 aliphatic rings. The Morgan fingerprint density at radius 3 is 2.56 bits per heavy atom. The topological polar surface area (TPSA) is 47.3 Å². The summed E-state index contributed by atoms with van der Waals surface area (Å²) in [5, 5.41) is 0. The van der Waals surface area contributed by atoms with Crippen LogP contribution in [0.2, 0.25) is 4.34 Å². The number of thiophene rings is 1. The van der Waals surface area contributed by atoms with Crippen molar-refractivity contribution < 1.29 is 22.3 Å². The van der Waals surface area contributed by atoms with E-state index >= 15 is 0 Å². The highest BCUT2D eigenvalue weighted by atomic mass is 35.5. The molecule has 1 aromatic rings. The second-order valence-electron chi connectivity index (χ2n) is 3.44. The quantitative estimate of drug-likeness (QED) is 0.463. The lowest BCUT2D eigenvalue weighted by atomic mass is 10.2. The van der Waals surface area contributed by atoms with Crippen molar-refractivity contribution in [2.24, 2.45) is 5.84 Å². The predicted octanol–water partition coefficient (Wildman–Crippen LogP) is 2.82. The molecule has 0 amide bonds. The molecule has 3 N–H and O–H groups in total. The molecule has 3 nitrogen and oxygen atoms in total. The molecule has 0 aliphatic heterocycles. The third-order valence-corrected chi connectivity index (χ3v) is 3.38. The van der Waals surface area contributed by atoms with Gasteiger partial charge >= 0.3 is 12.3 Å². The fourth-order valence-electron chi connectivity index (χ4n) is 1.10. The van der Waals surface area contributed by atoms with E-state index in [2.05, 4.69) is 10.2 Å². The molecule has 0 saturated carbocycles. The first-order valence-corrected chi connectivity index (χ1v) is 6.01. The fourth-order valence-corrected chi connectivity index (χ4v) is 2.21. The summed E-state index contributed by atoms with van der Waals surface area (Å²) in [6, 6.07) is 2.68. The van der Waals surface area contributed by atoms with Crippen LogP contribution in [0.3, 0.4) is 0 Å². The second-order valence-corrected chi connectivity index (χ2v) is 5.18. The molecule has 0 radical (unpaired) electrons. The normalized spacial score (nSPS) is 14.2. The van der Waals surface area contributed by atoms with Gasteiger partial charge in [0, 0.05) is 4.88 Å². The molecule has 1 aromatic heterocycles. The molecule has 1 atom stereocenters. The molecule has 0 aromatic carbocycles. The number of halogens is 5. The Balaban J connectivity index is 2.46. The molecule has 0 saturated heterocycles. The van der Waals surface area contributed by atoms with Gasteiger partial charge in [-0.1, -0.05) is 11.6 Å². The van der Waals surface area contributed by atoms with Crippen LogP contribution in [0.5, 0.6) is 0 Å². The van der Waals surface area contributed by atoms with Gasteiger partial charge in [0.25, 0.3) is 0 Å². The third-order valence-electron chi connectivity index (χ3n) is 2.04. The largest absolute Gasteiger partial charge is 0.373 e. The highest BCUT2D eigenvalue weighted by molar-refractivity contribution is 7.16. The Bertz CT molecular complexity index is 377. The van der Waals surface area contributed by atoms with Crippen molar-refractivity contribution in [3.63, 3.8) is 0 Å². The van der Waals surface area contributed by atoms with Crippen molar-refractivity contribution in [3.8, 4) is 0 Å². The summed E-state index contributed by atoms with van der Waals surface area (Å²) >= 11 is 6.89. The third kappa shape index (κ3) is 4.36. The number of ether oxygens (including phenoxy) is 1. The first-order chi connectivity index (χ1) is 8.36. The van der Waals surface area contributed by atoms with Gasteiger partial charge in [0.05, 0.1) is 17.0 Å². The molecule has 18 heavy (non-hydrogen) atoms. The number of hydrazine groups is 1. The van der Waals surface area contributed by atoms with Gasteiger partial charge in [0.1, 0.15) is 6.61 Å². The molecular formula is C9H11ClF4N2OS. The SMILES string of the molecule is NNC(COCC(F)(F)C(F)F)c1ccc(Cl)s1. The first kappa shape index (κ1) is 15.6. The zero-order chi connectivity index (χ0) is 13.8. The molecule has 0 bridgehead atoms. The van der Waals surface area contributed by atoms with Crippen molar-refractivity contribution in [2.45, 2.75) is 18.4 Å². The zero-order valence-electron chi connectivity index (χ0n) is 9.01. The van der Waals surface area contributed by atoms with Gasteiger partial charge in [0.15, 0.2) is 0 Å². The van der Waals surface area contributed by atoms with Crippen molar-refractivity contribution in [1.82, 2.24) is 5.43 Å². The fraction of sp³-hybridized carbons (Fsp3) is 0.556. The maximum Gasteiger partial charge on any atom is 0.330 e. The van der Waals surface area contributed by atoms with E-state index in [0.29, 0.717) is 9.21 Å². The first-order valence-electron chi connectivity index (χ1n) is 4.82. The molecule has 104 valence electrons.